The molecule has 0 fully saturated rings. The van der Waals surface area contributed by atoms with Crippen LogP contribution in [0.5, 0.6) is 0 Å². The smallest absolute Gasteiger partial charge is 0.0159 e. The number of hydrogen-bond donors (Lipinski definition) is 0. The standard InChI is InChI=1S/C55H40/c1-5-35-22-24-40(30-36(35)6-2)39-16-13-17-43(32-39)54-48-20-10-9-19-47(48)53(44-27-28-46-45-18-11-12-21-51(45)55(3,4)52(46)34-44)49-29-26-42(33-50(49)54)41-25-23-37-14-7-8-15-38(37)31-41/h5-34H,1-2H2,3-4H3. The topological polar surface area (TPSA) is 0 Å². The zero-order valence-corrected chi connectivity index (χ0v) is 31.2. The van der Waals surface area contributed by atoms with Gasteiger partial charge in [0.2, 0.25) is 0 Å². The molecule has 0 atom stereocenters. The van der Waals surface area contributed by atoms with Gasteiger partial charge in [-0.2, -0.15) is 0 Å². The van der Waals surface area contributed by atoms with E-state index in [4.69, 9.17) is 0 Å². The van der Waals surface area contributed by atoms with Crippen molar-refractivity contribution in [2.45, 2.75) is 19.3 Å². The van der Waals surface area contributed by atoms with Crippen LogP contribution in [0.25, 0.3) is 100 Å². The first-order valence-corrected chi connectivity index (χ1v) is 19.1. The molecule has 0 radical (unpaired) electrons. The van der Waals surface area contributed by atoms with Gasteiger partial charge in [0, 0.05) is 5.41 Å². The van der Waals surface area contributed by atoms with Crippen LogP contribution in [0.15, 0.2) is 183 Å². The monoisotopic (exact) mass is 700 g/mol. The van der Waals surface area contributed by atoms with Gasteiger partial charge in [-0.05, 0) is 141 Å². The van der Waals surface area contributed by atoms with Crippen molar-refractivity contribution in [2.24, 2.45) is 0 Å². The molecule has 0 bridgehead atoms. The van der Waals surface area contributed by atoms with Gasteiger partial charge in [-0.25, -0.2) is 0 Å². The van der Waals surface area contributed by atoms with Crippen LogP contribution in [0.3, 0.4) is 0 Å². The summed E-state index contributed by atoms with van der Waals surface area (Å²) in [7, 11) is 0. The van der Waals surface area contributed by atoms with E-state index in [0.717, 1.165) is 16.7 Å². The van der Waals surface area contributed by atoms with E-state index in [1.807, 2.05) is 12.2 Å². The first kappa shape index (κ1) is 32.9. The lowest BCUT2D eigenvalue weighted by atomic mass is 9.80. The Bertz CT molecular complexity index is 3040. The molecular weight excluding hydrogens is 661 g/mol. The van der Waals surface area contributed by atoms with Crippen LogP contribution in [0.2, 0.25) is 0 Å². The van der Waals surface area contributed by atoms with Gasteiger partial charge in [0.1, 0.15) is 0 Å². The largest absolute Gasteiger partial charge is 0.0984 e. The molecule has 9 aromatic carbocycles. The van der Waals surface area contributed by atoms with Gasteiger partial charge in [-0.3, -0.25) is 0 Å². The van der Waals surface area contributed by atoms with Crippen molar-refractivity contribution in [3.63, 3.8) is 0 Å². The summed E-state index contributed by atoms with van der Waals surface area (Å²) in [6.45, 7) is 12.8. The van der Waals surface area contributed by atoms with E-state index in [-0.39, 0.29) is 5.41 Å². The molecule has 0 heterocycles. The van der Waals surface area contributed by atoms with Crippen molar-refractivity contribution in [3.8, 4) is 55.6 Å². The van der Waals surface area contributed by atoms with Gasteiger partial charge < -0.3 is 0 Å². The lowest BCUT2D eigenvalue weighted by Crippen LogP contribution is -2.14. The molecule has 260 valence electrons. The van der Waals surface area contributed by atoms with E-state index >= 15 is 0 Å². The highest BCUT2D eigenvalue weighted by Crippen LogP contribution is 2.51. The molecular formula is C55H40. The van der Waals surface area contributed by atoms with E-state index < -0.39 is 0 Å². The zero-order valence-electron chi connectivity index (χ0n) is 31.2. The number of rotatable bonds is 6. The summed E-state index contributed by atoms with van der Waals surface area (Å²) >= 11 is 0. The quantitative estimate of drug-likeness (QED) is 0.152. The predicted octanol–water partition coefficient (Wildman–Crippen LogP) is 15.4. The summed E-state index contributed by atoms with van der Waals surface area (Å²) in [4.78, 5) is 0. The predicted molar refractivity (Wildman–Crippen MR) is 238 cm³/mol. The van der Waals surface area contributed by atoms with Crippen LogP contribution in [0.1, 0.15) is 36.1 Å². The lowest BCUT2D eigenvalue weighted by molar-refractivity contribution is 0.660. The Balaban J connectivity index is 1.25. The Kier molecular flexibility index (Phi) is 7.58. The molecule has 0 unspecified atom stereocenters. The van der Waals surface area contributed by atoms with E-state index in [1.165, 1.54) is 93.5 Å². The molecule has 0 aliphatic heterocycles. The minimum absolute atomic E-state index is 0.0908. The number of hydrogen-bond acceptors (Lipinski definition) is 0. The van der Waals surface area contributed by atoms with Gasteiger partial charge in [0.05, 0.1) is 0 Å². The van der Waals surface area contributed by atoms with Crippen molar-refractivity contribution in [1.82, 2.24) is 0 Å². The van der Waals surface area contributed by atoms with E-state index in [1.54, 1.807) is 0 Å². The molecule has 0 amide bonds. The molecule has 0 saturated heterocycles. The highest BCUT2D eigenvalue weighted by atomic mass is 14.4. The highest BCUT2D eigenvalue weighted by molar-refractivity contribution is 6.22. The average molecular weight is 701 g/mol. The molecule has 10 rings (SSSR count). The van der Waals surface area contributed by atoms with Gasteiger partial charge in [-0.1, -0.05) is 179 Å². The SMILES string of the molecule is C=Cc1ccc(-c2cccc(-c3c4ccccc4c(-c4ccc5c(c4)C(C)(C)c4ccccc4-5)c4ccc(-c5ccc6ccccc6c5)cc34)c2)cc1C=C. The average Bonchev–Trinajstić information content (AvgIpc) is 3.47. The third kappa shape index (κ3) is 5.21. The van der Waals surface area contributed by atoms with Crippen LogP contribution in [0, 0.1) is 0 Å². The van der Waals surface area contributed by atoms with Crippen molar-refractivity contribution in [3.05, 3.63) is 205 Å². The van der Waals surface area contributed by atoms with Crippen LogP contribution in [-0.4, -0.2) is 0 Å². The van der Waals surface area contributed by atoms with Gasteiger partial charge >= 0.3 is 0 Å². The second kappa shape index (κ2) is 12.7. The fourth-order valence-corrected chi connectivity index (χ4v) is 9.18. The van der Waals surface area contributed by atoms with Crippen molar-refractivity contribution in [2.75, 3.05) is 0 Å². The van der Waals surface area contributed by atoms with Crippen molar-refractivity contribution < 1.29 is 0 Å². The Labute approximate surface area is 323 Å². The fraction of sp³-hybridized carbons (Fsp3) is 0.0545. The van der Waals surface area contributed by atoms with Gasteiger partial charge in [-0.15, -0.1) is 0 Å². The molecule has 0 nitrogen and oxygen atoms in total. The second-order valence-electron chi connectivity index (χ2n) is 15.4. The molecule has 55 heavy (non-hydrogen) atoms. The maximum atomic E-state index is 4.08. The maximum absolute atomic E-state index is 4.08. The van der Waals surface area contributed by atoms with Crippen LogP contribution >= 0.6 is 0 Å². The molecule has 0 saturated carbocycles. The second-order valence-corrected chi connectivity index (χ2v) is 15.4. The molecule has 0 spiro atoms. The van der Waals surface area contributed by atoms with E-state index in [0.29, 0.717) is 0 Å². The minimum Gasteiger partial charge on any atom is -0.0984 e. The van der Waals surface area contributed by atoms with Crippen molar-refractivity contribution in [1.29, 1.82) is 0 Å². The fourth-order valence-electron chi connectivity index (χ4n) is 9.18. The number of fused-ring (bicyclic) bond motifs is 6. The van der Waals surface area contributed by atoms with E-state index in [2.05, 4.69) is 197 Å². The third-order valence-corrected chi connectivity index (χ3v) is 12.0. The van der Waals surface area contributed by atoms with Gasteiger partial charge in [0.25, 0.3) is 0 Å². The molecule has 0 heteroatoms. The summed E-state index contributed by atoms with van der Waals surface area (Å²) in [6.07, 6.45) is 3.81. The summed E-state index contributed by atoms with van der Waals surface area (Å²) in [6, 6.07) is 63.2. The van der Waals surface area contributed by atoms with Crippen LogP contribution in [-0.2, 0) is 5.41 Å². The first-order chi connectivity index (χ1) is 26.9. The molecule has 0 N–H and O–H groups in total. The molecule has 9 aromatic rings. The summed E-state index contributed by atoms with van der Waals surface area (Å²) in [5.74, 6) is 0. The Morgan fingerprint density at radius 1 is 0.364 bits per heavy atom. The Hall–Kier alpha value is -6.76. The van der Waals surface area contributed by atoms with Crippen molar-refractivity contribution >= 4 is 44.5 Å². The van der Waals surface area contributed by atoms with Crippen LogP contribution in [0.4, 0.5) is 0 Å². The first-order valence-electron chi connectivity index (χ1n) is 19.1. The molecule has 1 aliphatic carbocycles. The Morgan fingerprint density at radius 3 is 1.75 bits per heavy atom. The van der Waals surface area contributed by atoms with E-state index in [9.17, 15) is 0 Å². The zero-order chi connectivity index (χ0) is 37.3. The summed E-state index contributed by atoms with van der Waals surface area (Å²) in [5, 5.41) is 7.49. The maximum Gasteiger partial charge on any atom is 0.0159 e. The lowest BCUT2D eigenvalue weighted by Gasteiger charge is -2.23. The molecule has 1 aliphatic rings. The highest BCUT2D eigenvalue weighted by Gasteiger charge is 2.35. The Morgan fingerprint density at radius 2 is 0.927 bits per heavy atom. The molecule has 0 aromatic heterocycles. The summed E-state index contributed by atoms with van der Waals surface area (Å²) < 4.78 is 0. The van der Waals surface area contributed by atoms with Crippen LogP contribution < -0.4 is 0 Å². The minimum atomic E-state index is -0.0908. The van der Waals surface area contributed by atoms with Gasteiger partial charge in [0.15, 0.2) is 0 Å². The third-order valence-electron chi connectivity index (χ3n) is 12.0. The number of benzene rings is 9. The summed E-state index contributed by atoms with van der Waals surface area (Å²) in [5.41, 5.74) is 17.3. The normalized spacial score (nSPS) is 12.8.